The molecule has 0 aliphatic carbocycles. The third-order valence-corrected chi connectivity index (χ3v) is 5.37. The highest BCUT2D eigenvalue weighted by Crippen LogP contribution is 2.18. The van der Waals surface area contributed by atoms with Crippen molar-refractivity contribution >= 4 is 41.7 Å². The van der Waals surface area contributed by atoms with Crippen LogP contribution in [0, 0.1) is 11.7 Å². The number of thioether (sulfide) groups is 1. The largest absolute Gasteiger partial charge is 0.357 e. The van der Waals surface area contributed by atoms with Gasteiger partial charge in [0.15, 0.2) is 5.96 Å². The minimum absolute atomic E-state index is 0. The molecular weight excluding hydrogens is 462 g/mol. The number of nitrogens with one attached hydrogen (secondary N) is 2. The molecule has 1 saturated heterocycles. The van der Waals surface area contributed by atoms with Crippen LogP contribution in [0.15, 0.2) is 34.2 Å². The molecule has 1 aliphatic heterocycles. The molecule has 1 unspecified atom stereocenters. The highest BCUT2D eigenvalue weighted by atomic mass is 127. The van der Waals surface area contributed by atoms with Crippen LogP contribution in [0.25, 0.3) is 0 Å². The molecule has 1 aromatic carbocycles. The Bertz CT molecular complexity index is 527. The molecule has 7 heteroatoms. The van der Waals surface area contributed by atoms with Crippen LogP contribution < -0.4 is 10.6 Å². The summed E-state index contributed by atoms with van der Waals surface area (Å²) < 4.78 is 12.9. The third-order valence-electron chi connectivity index (χ3n) is 4.27. The summed E-state index contributed by atoms with van der Waals surface area (Å²) in [7, 11) is 2.19. The van der Waals surface area contributed by atoms with Crippen molar-refractivity contribution < 1.29 is 4.39 Å². The van der Waals surface area contributed by atoms with Gasteiger partial charge in [0.25, 0.3) is 0 Å². The van der Waals surface area contributed by atoms with Crippen LogP contribution in [-0.2, 0) is 0 Å². The van der Waals surface area contributed by atoms with Crippen molar-refractivity contribution in [3.05, 3.63) is 30.1 Å². The Balaban J connectivity index is 0.00000338. The number of benzene rings is 1. The first-order chi connectivity index (χ1) is 12.2. The van der Waals surface area contributed by atoms with E-state index in [0.29, 0.717) is 5.92 Å². The quantitative estimate of drug-likeness (QED) is 0.190. The average Bonchev–Trinajstić information content (AvgIpc) is 2.61. The van der Waals surface area contributed by atoms with Crippen LogP contribution in [0.4, 0.5) is 4.39 Å². The molecule has 2 rings (SSSR count). The van der Waals surface area contributed by atoms with Gasteiger partial charge in [-0.1, -0.05) is 0 Å². The summed E-state index contributed by atoms with van der Waals surface area (Å²) in [6, 6.07) is 6.69. The van der Waals surface area contributed by atoms with Crippen molar-refractivity contribution in [2.24, 2.45) is 10.9 Å². The molecule has 0 aromatic heterocycles. The molecule has 1 atom stereocenters. The Hall–Kier alpha value is -0.540. The van der Waals surface area contributed by atoms with Crippen molar-refractivity contribution in [1.29, 1.82) is 0 Å². The highest BCUT2D eigenvalue weighted by molar-refractivity contribution is 14.0. The number of hydrogen-bond acceptors (Lipinski definition) is 3. The van der Waals surface area contributed by atoms with Crippen molar-refractivity contribution in [1.82, 2.24) is 15.5 Å². The topological polar surface area (TPSA) is 39.7 Å². The van der Waals surface area contributed by atoms with E-state index in [9.17, 15) is 4.39 Å². The fourth-order valence-corrected chi connectivity index (χ4v) is 3.84. The lowest BCUT2D eigenvalue weighted by atomic mass is 9.99. The van der Waals surface area contributed by atoms with Crippen molar-refractivity contribution in [3.8, 4) is 0 Å². The predicted molar refractivity (Wildman–Crippen MR) is 121 cm³/mol. The van der Waals surface area contributed by atoms with E-state index >= 15 is 0 Å². The van der Waals surface area contributed by atoms with Gasteiger partial charge in [-0.15, -0.1) is 35.7 Å². The van der Waals surface area contributed by atoms with E-state index in [-0.39, 0.29) is 29.8 Å². The van der Waals surface area contributed by atoms with Gasteiger partial charge in [0.1, 0.15) is 5.82 Å². The van der Waals surface area contributed by atoms with Crippen molar-refractivity contribution in [2.75, 3.05) is 45.5 Å². The third kappa shape index (κ3) is 9.41. The minimum atomic E-state index is -0.179. The lowest BCUT2D eigenvalue weighted by Gasteiger charge is -2.28. The molecule has 1 fully saturated rings. The smallest absolute Gasteiger partial charge is 0.191 e. The number of aliphatic imine (C=N–C) groups is 1. The standard InChI is InChI=1S/C19H31FN4S.HI/c1-3-21-19(23-14-16-6-4-12-24(2)15-16)22-11-5-13-25-18-9-7-17(20)8-10-18;/h7-10,16H,3-6,11-15H2,1-2H3,(H2,21,22,23);1H. The van der Waals surface area contributed by atoms with Crippen LogP contribution in [-0.4, -0.2) is 56.4 Å². The van der Waals surface area contributed by atoms with Gasteiger partial charge >= 0.3 is 0 Å². The number of piperidine rings is 1. The molecule has 4 nitrogen and oxygen atoms in total. The van der Waals surface area contributed by atoms with Gasteiger partial charge in [0, 0.05) is 31.1 Å². The summed E-state index contributed by atoms with van der Waals surface area (Å²) >= 11 is 1.76. The van der Waals surface area contributed by atoms with E-state index in [1.165, 1.54) is 31.5 Å². The number of nitrogens with zero attached hydrogens (tertiary/aromatic N) is 2. The molecule has 0 saturated carbocycles. The zero-order valence-electron chi connectivity index (χ0n) is 15.8. The molecule has 2 N–H and O–H groups in total. The van der Waals surface area contributed by atoms with Crippen LogP contribution in [0.3, 0.4) is 0 Å². The monoisotopic (exact) mass is 494 g/mol. The van der Waals surface area contributed by atoms with Gasteiger partial charge in [-0.25, -0.2) is 4.39 Å². The molecule has 0 spiro atoms. The van der Waals surface area contributed by atoms with E-state index in [4.69, 9.17) is 4.99 Å². The maximum Gasteiger partial charge on any atom is 0.191 e. The van der Waals surface area contributed by atoms with Gasteiger partial charge in [-0.2, -0.15) is 0 Å². The second-order valence-electron chi connectivity index (χ2n) is 6.57. The van der Waals surface area contributed by atoms with Crippen molar-refractivity contribution in [2.45, 2.75) is 31.1 Å². The highest BCUT2D eigenvalue weighted by Gasteiger charge is 2.16. The Morgan fingerprint density at radius 1 is 1.31 bits per heavy atom. The van der Waals surface area contributed by atoms with E-state index in [1.54, 1.807) is 11.8 Å². The SMILES string of the molecule is CCNC(=NCC1CCCN(C)C1)NCCCSc1ccc(F)cc1.I. The molecule has 148 valence electrons. The van der Waals surface area contributed by atoms with E-state index in [2.05, 4.69) is 29.5 Å². The predicted octanol–water partition coefficient (Wildman–Crippen LogP) is 3.82. The first-order valence-corrected chi connectivity index (χ1v) is 10.2. The molecule has 1 heterocycles. The second kappa shape index (κ2) is 13.6. The van der Waals surface area contributed by atoms with Gasteiger partial charge in [-0.3, -0.25) is 4.99 Å². The summed E-state index contributed by atoms with van der Waals surface area (Å²) in [5, 5.41) is 6.74. The molecule has 1 aromatic rings. The summed E-state index contributed by atoms with van der Waals surface area (Å²) in [4.78, 5) is 8.27. The fourth-order valence-electron chi connectivity index (χ4n) is 2.98. The first-order valence-electron chi connectivity index (χ1n) is 9.26. The number of halogens is 2. The van der Waals surface area contributed by atoms with Gasteiger partial charge < -0.3 is 15.5 Å². The molecular formula is C19H32FIN4S. The zero-order chi connectivity index (χ0) is 17.9. The number of likely N-dealkylation sites (tertiary alicyclic amines) is 1. The summed E-state index contributed by atoms with van der Waals surface area (Å²) in [5.74, 6) is 2.42. The number of rotatable bonds is 8. The Morgan fingerprint density at radius 2 is 2.08 bits per heavy atom. The molecule has 0 amide bonds. The van der Waals surface area contributed by atoms with E-state index in [1.807, 2.05) is 12.1 Å². The second-order valence-corrected chi connectivity index (χ2v) is 7.74. The van der Waals surface area contributed by atoms with Gasteiger partial charge in [0.2, 0.25) is 0 Å². The first kappa shape index (κ1) is 23.5. The average molecular weight is 494 g/mol. The minimum Gasteiger partial charge on any atom is -0.357 e. The van der Waals surface area contributed by atoms with Crippen LogP contribution in [0.2, 0.25) is 0 Å². The maximum atomic E-state index is 12.9. The molecule has 1 aliphatic rings. The molecule has 0 bridgehead atoms. The lowest BCUT2D eigenvalue weighted by molar-refractivity contribution is 0.214. The van der Waals surface area contributed by atoms with Crippen LogP contribution in [0.1, 0.15) is 26.2 Å². The number of hydrogen-bond donors (Lipinski definition) is 2. The van der Waals surface area contributed by atoms with E-state index in [0.717, 1.165) is 49.2 Å². The van der Waals surface area contributed by atoms with Gasteiger partial charge in [0.05, 0.1) is 0 Å². The Morgan fingerprint density at radius 3 is 2.77 bits per heavy atom. The normalized spacial score (nSPS) is 18.3. The Kier molecular flexibility index (Phi) is 12.3. The molecule has 0 radical (unpaired) electrons. The zero-order valence-corrected chi connectivity index (χ0v) is 19.0. The van der Waals surface area contributed by atoms with Crippen LogP contribution >= 0.6 is 35.7 Å². The lowest BCUT2D eigenvalue weighted by Crippen LogP contribution is -2.39. The fraction of sp³-hybridized carbons (Fsp3) is 0.632. The Labute approximate surface area is 178 Å². The number of guanidine groups is 1. The van der Waals surface area contributed by atoms with E-state index < -0.39 is 0 Å². The summed E-state index contributed by atoms with van der Waals surface area (Å²) in [6.45, 7) is 7.12. The van der Waals surface area contributed by atoms with Gasteiger partial charge in [-0.05, 0) is 75.7 Å². The van der Waals surface area contributed by atoms with Crippen LogP contribution in [0.5, 0.6) is 0 Å². The van der Waals surface area contributed by atoms with Crippen molar-refractivity contribution in [3.63, 3.8) is 0 Å². The maximum absolute atomic E-state index is 12.9. The molecule has 26 heavy (non-hydrogen) atoms. The summed E-state index contributed by atoms with van der Waals surface area (Å²) in [6.07, 6.45) is 3.60. The summed E-state index contributed by atoms with van der Waals surface area (Å²) in [5.41, 5.74) is 0.